The molecule has 0 saturated heterocycles. The maximum Gasteiger partial charge on any atom is 0.416 e. The lowest BCUT2D eigenvalue weighted by Gasteiger charge is -2.12. The fourth-order valence-corrected chi connectivity index (χ4v) is 2.67. The number of nitro benzene ring substituents is 1. The first-order valence-electron chi connectivity index (χ1n) is 7.13. The van der Waals surface area contributed by atoms with E-state index in [0.29, 0.717) is 12.1 Å². The topological polar surface area (TPSA) is 116 Å². The Morgan fingerprint density at radius 2 is 1.82 bits per heavy atom. The molecule has 0 unspecified atom stereocenters. The van der Waals surface area contributed by atoms with Crippen LogP contribution in [0, 0.1) is 10.1 Å². The zero-order valence-corrected chi connectivity index (χ0v) is 15.4. The first kappa shape index (κ1) is 21.4. The molecule has 1 amide bonds. The molecule has 0 aliphatic carbocycles. The number of nitrogens with one attached hydrogen (secondary N) is 1. The van der Waals surface area contributed by atoms with E-state index in [9.17, 15) is 36.5 Å². The number of hydrogen-bond acceptors (Lipinski definition) is 6. The summed E-state index contributed by atoms with van der Waals surface area (Å²) >= 11 is 5.75. The maximum atomic E-state index is 12.7. The van der Waals surface area contributed by atoms with Gasteiger partial charge in [0.2, 0.25) is 15.8 Å². The Morgan fingerprint density at radius 1 is 1.18 bits per heavy atom. The summed E-state index contributed by atoms with van der Waals surface area (Å²) in [5, 5.41) is 10.7. The largest absolute Gasteiger partial charge is 0.449 e. The zero-order chi connectivity index (χ0) is 21.3. The van der Waals surface area contributed by atoms with Crippen LogP contribution < -0.4 is 9.46 Å². The minimum absolute atomic E-state index is 0.297. The predicted molar refractivity (Wildman–Crippen MR) is 91.9 cm³/mol. The molecule has 0 heterocycles. The summed E-state index contributed by atoms with van der Waals surface area (Å²) in [6.45, 7) is 0. The van der Waals surface area contributed by atoms with Crippen LogP contribution in [0.15, 0.2) is 36.4 Å². The quantitative estimate of drug-likeness (QED) is 0.561. The molecule has 0 fully saturated rings. The highest BCUT2D eigenvalue weighted by Crippen LogP contribution is 2.39. The molecular weight excluding hydrogens is 429 g/mol. The average Bonchev–Trinajstić information content (AvgIpc) is 2.53. The average molecular weight is 439 g/mol. The standard InChI is InChI=1S/C15H10ClF3N2O6S/c1-28(25,26)20-14(22)8-2-4-11(21(23)24)13(6-8)27-12-5-3-9(7-10(12)16)15(17,18)19/h2-7H,1H3,(H,20,22). The second-order valence-corrected chi connectivity index (χ2v) is 7.54. The molecule has 0 radical (unpaired) electrons. The molecule has 150 valence electrons. The Labute approximate surface area is 161 Å². The third-order valence-corrected chi connectivity index (χ3v) is 4.03. The van der Waals surface area contributed by atoms with E-state index in [1.165, 1.54) is 0 Å². The molecule has 0 aromatic heterocycles. The van der Waals surface area contributed by atoms with Crippen LogP contribution in [0.1, 0.15) is 15.9 Å². The van der Waals surface area contributed by atoms with Gasteiger partial charge in [0.1, 0.15) is 5.75 Å². The summed E-state index contributed by atoms with van der Waals surface area (Å²) in [6.07, 6.45) is -3.92. The van der Waals surface area contributed by atoms with Gasteiger partial charge < -0.3 is 4.74 Å². The van der Waals surface area contributed by atoms with Crippen molar-refractivity contribution in [2.24, 2.45) is 0 Å². The minimum atomic E-state index is -4.65. The summed E-state index contributed by atoms with van der Waals surface area (Å²) in [5.74, 6) is -1.94. The molecule has 1 N–H and O–H groups in total. The number of ether oxygens (including phenoxy) is 1. The zero-order valence-electron chi connectivity index (χ0n) is 13.8. The number of carbonyl (C=O) groups is 1. The molecule has 28 heavy (non-hydrogen) atoms. The van der Waals surface area contributed by atoms with E-state index >= 15 is 0 Å². The number of hydrogen-bond donors (Lipinski definition) is 1. The number of benzene rings is 2. The van der Waals surface area contributed by atoms with Gasteiger partial charge in [0, 0.05) is 17.7 Å². The number of halogens is 4. The van der Waals surface area contributed by atoms with Gasteiger partial charge in [0.05, 0.1) is 21.8 Å². The van der Waals surface area contributed by atoms with Crippen LogP contribution in [-0.4, -0.2) is 25.5 Å². The van der Waals surface area contributed by atoms with Crippen molar-refractivity contribution in [3.05, 3.63) is 62.7 Å². The van der Waals surface area contributed by atoms with Gasteiger partial charge in [0.15, 0.2) is 0 Å². The second kappa shape index (κ2) is 7.64. The molecule has 0 spiro atoms. The highest BCUT2D eigenvalue weighted by molar-refractivity contribution is 7.89. The van der Waals surface area contributed by atoms with Crippen LogP contribution in [0.4, 0.5) is 18.9 Å². The van der Waals surface area contributed by atoms with Crippen molar-refractivity contribution in [3.63, 3.8) is 0 Å². The monoisotopic (exact) mass is 438 g/mol. The van der Waals surface area contributed by atoms with Crippen LogP contribution in [-0.2, 0) is 16.2 Å². The van der Waals surface area contributed by atoms with E-state index in [1.807, 2.05) is 0 Å². The third-order valence-electron chi connectivity index (χ3n) is 3.18. The van der Waals surface area contributed by atoms with Gasteiger partial charge in [-0.2, -0.15) is 13.2 Å². The lowest BCUT2D eigenvalue weighted by Crippen LogP contribution is -2.29. The fourth-order valence-electron chi connectivity index (χ4n) is 1.99. The summed E-state index contributed by atoms with van der Waals surface area (Å²) in [6, 6.07) is 4.82. The Bertz CT molecular complexity index is 1060. The SMILES string of the molecule is CS(=O)(=O)NC(=O)c1ccc([N+](=O)[O-])c(Oc2ccc(C(F)(F)F)cc2Cl)c1. The summed E-state index contributed by atoms with van der Waals surface area (Å²) in [4.78, 5) is 22.2. The summed E-state index contributed by atoms with van der Waals surface area (Å²) in [7, 11) is -3.90. The second-order valence-electron chi connectivity index (χ2n) is 5.39. The van der Waals surface area contributed by atoms with Gasteiger partial charge in [0.25, 0.3) is 5.91 Å². The number of nitro groups is 1. The van der Waals surface area contributed by atoms with E-state index in [4.69, 9.17) is 16.3 Å². The first-order valence-corrected chi connectivity index (χ1v) is 9.40. The first-order chi connectivity index (χ1) is 12.8. The Balaban J connectivity index is 2.45. The van der Waals surface area contributed by atoms with Gasteiger partial charge in [-0.15, -0.1) is 0 Å². The Kier molecular flexibility index (Phi) is 5.85. The third kappa shape index (κ3) is 5.33. The number of sulfonamides is 1. The number of amides is 1. The van der Waals surface area contributed by atoms with Gasteiger partial charge in [-0.05, 0) is 24.3 Å². The molecule has 2 aromatic rings. The van der Waals surface area contributed by atoms with Crippen LogP contribution in [0.5, 0.6) is 11.5 Å². The van der Waals surface area contributed by atoms with Gasteiger partial charge >= 0.3 is 11.9 Å². The predicted octanol–water partition coefficient (Wildman–Crippen LogP) is 3.75. The van der Waals surface area contributed by atoms with Crippen molar-refractivity contribution in [2.75, 3.05) is 6.26 Å². The highest BCUT2D eigenvalue weighted by Gasteiger charge is 2.31. The van der Waals surface area contributed by atoms with Crippen molar-refractivity contribution in [1.82, 2.24) is 4.72 Å². The number of carbonyl (C=O) groups excluding carboxylic acids is 1. The van der Waals surface area contributed by atoms with Gasteiger partial charge in [-0.25, -0.2) is 13.1 Å². The number of nitrogens with zero attached hydrogens (tertiary/aromatic N) is 1. The summed E-state index contributed by atoms with van der Waals surface area (Å²) in [5.41, 5.74) is -1.97. The number of alkyl halides is 3. The molecule has 8 nitrogen and oxygen atoms in total. The van der Waals surface area contributed by atoms with Crippen molar-refractivity contribution in [3.8, 4) is 11.5 Å². The Morgan fingerprint density at radius 3 is 2.32 bits per heavy atom. The molecule has 2 aromatic carbocycles. The molecule has 0 aliphatic heterocycles. The summed E-state index contributed by atoms with van der Waals surface area (Å²) < 4.78 is 67.2. The van der Waals surface area contributed by atoms with E-state index in [2.05, 4.69) is 0 Å². The van der Waals surface area contributed by atoms with Crippen LogP contribution >= 0.6 is 11.6 Å². The molecule has 0 aliphatic rings. The van der Waals surface area contributed by atoms with E-state index < -0.39 is 49.1 Å². The van der Waals surface area contributed by atoms with Crippen molar-refractivity contribution in [2.45, 2.75) is 6.18 Å². The van der Waals surface area contributed by atoms with Crippen LogP contribution in [0.2, 0.25) is 5.02 Å². The van der Waals surface area contributed by atoms with E-state index in [0.717, 1.165) is 30.5 Å². The van der Waals surface area contributed by atoms with Gasteiger partial charge in [-0.3, -0.25) is 14.9 Å². The number of rotatable bonds is 5. The smallest absolute Gasteiger partial charge is 0.416 e. The van der Waals surface area contributed by atoms with E-state index in [1.54, 1.807) is 4.72 Å². The molecule has 13 heteroatoms. The molecule has 0 bridgehead atoms. The molecule has 0 atom stereocenters. The van der Waals surface area contributed by atoms with Crippen molar-refractivity contribution >= 4 is 33.2 Å². The van der Waals surface area contributed by atoms with Crippen LogP contribution in [0.25, 0.3) is 0 Å². The molecule has 0 saturated carbocycles. The highest BCUT2D eigenvalue weighted by atomic mass is 35.5. The lowest BCUT2D eigenvalue weighted by molar-refractivity contribution is -0.385. The normalized spacial score (nSPS) is 11.8. The van der Waals surface area contributed by atoms with Crippen molar-refractivity contribution in [1.29, 1.82) is 0 Å². The minimum Gasteiger partial charge on any atom is -0.449 e. The fraction of sp³-hybridized carbons (Fsp3) is 0.133. The van der Waals surface area contributed by atoms with E-state index in [-0.39, 0.29) is 11.3 Å². The molecule has 2 rings (SSSR count). The maximum absolute atomic E-state index is 12.7. The molecular formula is C15H10ClF3N2O6S. The lowest BCUT2D eigenvalue weighted by atomic mass is 10.1. The van der Waals surface area contributed by atoms with Crippen molar-refractivity contribution < 1.29 is 36.0 Å². The Hall–Kier alpha value is -2.86. The van der Waals surface area contributed by atoms with Crippen LogP contribution in [0.3, 0.4) is 0 Å². The van der Waals surface area contributed by atoms with Gasteiger partial charge in [-0.1, -0.05) is 11.6 Å².